The zero-order valence-corrected chi connectivity index (χ0v) is 16.6. The van der Waals surface area contributed by atoms with E-state index in [1.807, 2.05) is 44.2 Å². The molecule has 0 saturated carbocycles. The van der Waals surface area contributed by atoms with Crippen LogP contribution in [0.1, 0.15) is 25.8 Å². The van der Waals surface area contributed by atoms with Crippen molar-refractivity contribution in [1.29, 1.82) is 0 Å². The molecule has 148 valence electrons. The van der Waals surface area contributed by atoms with Gasteiger partial charge in [0.1, 0.15) is 12.4 Å². The third kappa shape index (κ3) is 6.46. The predicted octanol–water partition coefficient (Wildman–Crippen LogP) is 4.35. The van der Waals surface area contributed by atoms with E-state index in [4.69, 9.17) is 4.74 Å². The van der Waals surface area contributed by atoms with Crippen molar-refractivity contribution < 1.29 is 14.3 Å². The fraction of sp³-hybridized carbons (Fsp3) is 0.273. The summed E-state index contributed by atoms with van der Waals surface area (Å²) in [6.07, 6.45) is 0.409. The molecule has 0 unspecified atom stereocenters. The van der Waals surface area contributed by atoms with E-state index in [0.29, 0.717) is 24.5 Å². The number of amides is 2. The lowest BCUT2D eigenvalue weighted by Crippen LogP contribution is -2.22. The van der Waals surface area contributed by atoms with Crippen LogP contribution in [0.25, 0.3) is 0 Å². The number of nitrogens with one attached hydrogen (secondary N) is 3. The molecule has 0 bridgehead atoms. The molecule has 28 heavy (non-hydrogen) atoms. The summed E-state index contributed by atoms with van der Waals surface area (Å²) in [5.74, 6) is 0.342. The Morgan fingerprint density at radius 2 is 1.75 bits per heavy atom. The minimum atomic E-state index is -0.203. The molecule has 2 aromatic rings. The third-order valence-corrected chi connectivity index (χ3v) is 3.92. The molecule has 2 aromatic carbocycles. The van der Waals surface area contributed by atoms with Crippen molar-refractivity contribution in [3.05, 3.63) is 60.2 Å². The standard InChI is InChI=1S/C22H27N3O3/c1-5-21(26)25-19-12-17(11-10-16(19)4)23-13-22(27)24-18-8-6-7-9-20(18)28-14-15(2)3/h6-12,23H,2,5,13-14H2,1,3-4H3,(H,24,27)(H,25,26). The maximum absolute atomic E-state index is 12.3. The van der Waals surface area contributed by atoms with Crippen LogP contribution in [0.15, 0.2) is 54.6 Å². The Hall–Kier alpha value is -3.28. The smallest absolute Gasteiger partial charge is 0.243 e. The predicted molar refractivity (Wildman–Crippen MR) is 114 cm³/mol. The fourth-order valence-electron chi connectivity index (χ4n) is 2.38. The molecular formula is C22H27N3O3. The normalized spacial score (nSPS) is 10.1. The van der Waals surface area contributed by atoms with Crippen molar-refractivity contribution >= 4 is 28.9 Å². The van der Waals surface area contributed by atoms with E-state index in [1.165, 1.54) is 0 Å². The Bertz CT molecular complexity index is 862. The van der Waals surface area contributed by atoms with Crippen molar-refractivity contribution in [2.45, 2.75) is 27.2 Å². The Morgan fingerprint density at radius 1 is 1.04 bits per heavy atom. The van der Waals surface area contributed by atoms with Gasteiger partial charge in [0.2, 0.25) is 11.8 Å². The molecule has 0 aromatic heterocycles. The lowest BCUT2D eigenvalue weighted by Gasteiger charge is -2.14. The van der Waals surface area contributed by atoms with Gasteiger partial charge >= 0.3 is 0 Å². The highest BCUT2D eigenvalue weighted by atomic mass is 16.5. The second-order valence-electron chi connectivity index (χ2n) is 6.58. The summed E-state index contributed by atoms with van der Waals surface area (Å²) < 4.78 is 5.66. The number of rotatable bonds is 9. The van der Waals surface area contributed by atoms with Gasteiger partial charge in [-0.1, -0.05) is 31.7 Å². The second-order valence-corrected chi connectivity index (χ2v) is 6.58. The molecule has 6 nitrogen and oxygen atoms in total. The first kappa shape index (κ1) is 21.0. The van der Waals surface area contributed by atoms with E-state index in [2.05, 4.69) is 22.5 Å². The van der Waals surface area contributed by atoms with Gasteiger partial charge in [0, 0.05) is 17.8 Å². The quantitative estimate of drug-likeness (QED) is 0.564. The number of aryl methyl sites for hydroxylation is 1. The fourth-order valence-corrected chi connectivity index (χ4v) is 2.38. The first-order valence-corrected chi connectivity index (χ1v) is 9.19. The summed E-state index contributed by atoms with van der Waals surface area (Å²) >= 11 is 0. The zero-order chi connectivity index (χ0) is 20.5. The Morgan fingerprint density at radius 3 is 2.46 bits per heavy atom. The summed E-state index contributed by atoms with van der Waals surface area (Å²) in [5.41, 5.74) is 3.94. The minimum Gasteiger partial charge on any atom is -0.487 e. The molecule has 0 spiro atoms. The molecule has 0 aliphatic heterocycles. The van der Waals surface area contributed by atoms with Gasteiger partial charge in [0.05, 0.1) is 12.2 Å². The molecule has 3 N–H and O–H groups in total. The van der Waals surface area contributed by atoms with Crippen LogP contribution in [-0.4, -0.2) is 25.0 Å². The number of carbonyl (C=O) groups excluding carboxylic acids is 2. The van der Waals surface area contributed by atoms with Gasteiger partial charge < -0.3 is 20.7 Å². The summed E-state index contributed by atoms with van der Waals surface area (Å²) in [6.45, 7) is 9.88. The van der Waals surface area contributed by atoms with Crippen LogP contribution in [0, 0.1) is 6.92 Å². The van der Waals surface area contributed by atoms with E-state index in [9.17, 15) is 9.59 Å². The van der Waals surface area contributed by atoms with Crippen LogP contribution in [0.3, 0.4) is 0 Å². The van der Waals surface area contributed by atoms with Gasteiger partial charge in [-0.25, -0.2) is 0 Å². The number of hydrogen-bond donors (Lipinski definition) is 3. The monoisotopic (exact) mass is 381 g/mol. The Kier molecular flexibility index (Phi) is 7.63. The molecule has 0 aliphatic carbocycles. The number of hydrogen-bond acceptors (Lipinski definition) is 4. The third-order valence-electron chi connectivity index (χ3n) is 3.92. The molecule has 0 heterocycles. The molecule has 0 aliphatic rings. The van der Waals surface area contributed by atoms with Gasteiger partial charge in [0.25, 0.3) is 0 Å². The van der Waals surface area contributed by atoms with Gasteiger partial charge in [0.15, 0.2) is 0 Å². The van der Waals surface area contributed by atoms with Crippen molar-refractivity contribution in [2.75, 3.05) is 29.1 Å². The average Bonchev–Trinajstić information content (AvgIpc) is 2.67. The molecule has 2 amide bonds. The maximum Gasteiger partial charge on any atom is 0.243 e. The van der Waals surface area contributed by atoms with Gasteiger partial charge in [-0.05, 0) is 49.2 Å². The molecule has 0 radical (unpaired) electrons. The molecule has 0 fully saturated rings. The highest BCUT2D eigenvalue weighted by Gasteiger charge is 2.09. The average molecular weight is 381 g/mol. The van der Waals surface area contributed by atoms with Crippen molar-refractivity contribution in [1.82, 2.24) is 0 Å². The molecule has 2 rings (SSSR count). The topological polar surface area (TPSA) is 79.5 Å². The van der Waals surface area contributed by atoms with Gasteiger partial charge in [-0.15, -0.1) is 0 Å². The first-order valence-electron chi connectivity index (χ1n) is 9.19. The molecule has 0 saturated heterocycles. The number of carbonyl (C=O) groups is 2. The molecule has 6 heteroatoms. The lowest BCUT2D eigenvalue weighted by atomic mass is 10.1. The molecule has 0 atom stereocenters. The molecular weight excluding hydrogens is 354 g/mol. The van der Waals surface area contributed by atoms with Crippen LogP contribution >= 0.6 is 0 Å². The summed E-state index contributed by atoms with van der Waals surface area (Å²) in [4.78, 5) is 24.0. The minimum absolute atomic E-state index is 0.0515. The lowest BCUT2D eigenvalue weighted by molar-refractivity contribution is -0.116. The van der Waals surface area contributed by atoms with Crippen molar-refractivity contribution in [3.63, 3.8) is 0 Å². The summed E-state index contributed by atoms with van der Waals surface area (Å²) in [7, 11) is 0. The van der Waals surface area contributed by atoms with E-state index >= 15 is 0 Å². The van der Waals surface area contributed by atoms with E-state index < -0.39 is 0 Å². The zero-order valence-electron chi connectivity index (χ0n) is 16.6. The van der Waals surface area contributed by atoms with Crippen LogP contribution in [0.2, 0.25) is 0 Å². The van der Waals surface area contributed by atoms with Gasteiger partial charge in [-0.3, -0.25) is 9.59 Å². The van der Waals surface area contributed by atoms with E-state index in [0.717, 1.165) is 22.5 Å². The Balaban J connectivity index is 1.97. The summed E-state index contributed by atoms with van der Waals surface area (Å²) in [5, 5.41) is 8.78. The van der Waals surface area contributed by atoms with Crippen LogP contribution in [-0.2, 0) is 9.59 Å². The number of anilines is 3. The number of ether oxygens (including phenoxy) is 1. The number of para-hydroxylation sites is 2. The maximum atomic E-state index is 12.3. The number of benzene rings is 2. The van der Waals surface area contributed by atoms with E-state index in [1.54, 1.807) is 19.1 Å². The summed E-state index contributed by atoms with van der Waals surface area (Å²) in [6, 6.07) is 12.9. The van der Waals surface area contributed by atoms with Gasteiger partial charge in [-0.2, -0.15) is 0 Å². The highest BCUT2D eigenvalue weighted by molar-refractivity contribution is 5.95. The Labute approximate surface area is 166 Å². The SMILES string of the molecule is C=C(C)COc1ccccc1NC(=O)CNc1ccc(C)c(NC(=O)CC)c1. The van der Waals surface area contributed by atoms with Crippen LogP contribution in [0.4, 0.5) is 17.1 Å². The van der Waals surface area contributed by atoms with Crippen molar-refractivity contribution in [2.24, 2.45) is 0 Å². The van der Waals surface area contributed by atoms with Crippen LogP contribution < -0.4 is 20.7 Å². The van der Waals surface area contributed by atoms with E-state index in [-0.39, 0.29) is 18.4 Å². The van der Waals surface area contributed by atoms with Crippen LogP contribution in [0.5, 0.6) is 5.75 Å². The first-order chi connectivity index (χ1) is 13.4. The highest BCUT2D eigenvalue weighted by Crippen LogP contribution is 2.24. The second kappa shape index (κ2) is 10.2. The van der Waals surface area contributed by atoms with Crippen molar-refractivity contribution in [3.8, 4) is 5.75 Å². The largest absolute Gasteiger partial charge is 0.487 e.